The number of halogens is 1. The molecule has 0 aliphatic heterocycles. The molecule has 0 saturated carbocycles. The monoisotopic (exact) mass is 356 g/mol. The van der Waals surface area contributed by atoms with Crippen LogP contribution in [0.5, 0.6) is 0 Å². The molecule has 0 aromatic heterocycles. The zero-order chi connectivity index (χ0) is 15.8. The number of benzene rings is 1. The summed E-state index contributed by atoms with van der Waals surface area (Å²) in [5.41, 5.74) is 0.255. The van der Waals surface area contributed by atoms with E-state index < -0.39 is 12.0 Å². The van der Waals surface area contributed by atoms with Crippen LogP contribution in [0.1, 0.15) is 10.4 Å². The van der Waals surface area contributed by atoms with E-state index in [2.05, 4.69) is 27.8 Å². The van der Waals surface area contributed by atoms with Crippen LogP contribution in [0.3, 0.4) is 0 Å². The van der Waals surface area contributed by atoms with Crippen molar-refractivity contribution in [3.63, 3.8) is 0 Å². The smallest absolute Gasteiger partial charge is 0.337 e. The number of anilines is 1. The highest BCUT2D eigenvalue weighted by atomic mass is 79.9. The van der Waals surface area contributed by atoms with E-state index in [4.69, 9.17) is 9.84 Å². The molecule has 0 atom stereocenters. The van der Waals surface area contributed by atoms with Crippen molar-refractivity contribution in [3.05, 3.63) is 40.9 Å². The van der Waals surface area contributed by atoms with Gasteiger partial charge in [0, 0.05) is 24.7 Å². The molecular weight excluding hydrogens is 340 g/mol. The highest BCUT2D eigenvalue weighted by Gasteiger charge is 2.16. The average molecular weight is 357 g/mol. The number of hydrogen-bond donors (Lipinski definition) is 2. The first-order valence-electron chi connectivity index (χ1n) is 6.18. The van der Waals surface area contributed by atoms with Crippen LogP contribution in [0, 0.1) is 0 Å². The average Bonchev–Trinajstić information content (AvgIpc) is 2.43. The molecule has 2 N–H and O–H groups in total. The van der Waals surface area contributed by atoms with Gasteiger partial charge in [0.05, 0.1) is 17.9 Å². The summed E-state index contributed by atoms with van der Waals surface area (Å²) in [7, 11) is 1.54. The first-order valence-corrected chi connectivity index (χ1v) is 6.97. The number of carboxylic acid groups (broad SMARTS) is 1. The standard InChI is InChI=1S/C14H17BrN2O4/c1-3-6-17(7-8-21-2)14(20)16-12-9-10(15)4-5-11(12)13(18)19/h3-5,9H,1,6-8H2,2H3,(H,16,20)(H,18,19). The summed E-state index contributed by atoms with van der Waals surface area (Å²) in [5.74, 6) is -1.11. The van der Waals surface area contributed by atoms with E-state index >= 15 is 0 Å². The maximum absolute atomic E-state index is 12.2. The van der Waals surface area contributed by atoms with Gasteiger partial charge in [0.15, 0.2) is 0 Å². The number of ether oxygens (including phenoxy) is 1. The second kappa shape index (κ2) is 8.43. The Bertz CT molecular complexity index is 534. The topological polar surface area (TPSA) is 78.9 Å². The van der Waals surface area contributed by atoms with Crippen molar-refractivity contribution in [2.45, 2.75) is 0 Å². The molecule has 0 spiro atoms. The largest absolute Gasteiger partial charge is 0.478 e. The fourth-order valence-corrected chi connectivity index (χ4v) is 1.99. The van der Waals surface area contributed by atoms with Gasteiger partial charge in [0.25, 0.3) is 0 Å². The summed E-state index contributed by atoms with van der Waals surface area (Å²) in [6.45, 7) is 4.69. The predicted octanol–water partition coefficient (Wildman–Crippen LogP) is 2.81. The normalized spacial score (nSPS) is 10.0. The van der Waals surface area contributed by atoms with Crippen molar-refractivity contribution in [1.82, 2.24) is 4.90 Å². The van der Waals surface area contributed by atoms with Crippen molar-refractivity contribution >= 4 is 33.6 Å². The first kappa shape index (κ1) is 17.2. The molecule has 0 radical (unpaired) electrons. The number of nitrogens with zero attached hydrogens (tertiary/aromatic N) is 1. The number of aromatic carboxylic acids is 1. The number of carbonyl (C=O) groups excluding carboxylic acids is 1. The lowest BCUT2D eigenvalue weighted by Crippen LogP contribution is -2.37. The van der Waals surface area contributed by atoms with E-state index in [0.717, 1.165) is 0 Å². The number of methoxy groups -OCH3 is 1. The molecule has 0 saturated heterocycles. The molecule has 1 aromatic rings. The Kier molecular flexibility index (Phi) is 6.90. The van der Waals surface area contributed by atoms with Gasteiger partial charge in [-0.05, 0) is 18.2 Å². The molecule has 0 heterocycles. The van der Waals surface area contributed by atoms with Gasteiger partial charge in [0.1, 0.15) is 0 Å². The number of carbonyl (C=O) groups is 2. The molecule has 0 fully saturated rings. The highest BCUT2D eigenvalue weighted by molar-refractivity contribution is 9.10. The summed E-state index contributed by atoms with van der Waals surface area (Å²) >= 11 is 3.25. The molecule has 1 aromatic carbocycles. The van der Waals surface area contributed by atoms with Gasteiger partial charge < -0.3 is 20.1 Å². The lowest BCUT2D eigenvalue weighted by atomic mass is 10.2. The molecule has 0 bridgehead atoms. The van der Waals surface area contributed by atoms with E-state index in [0.29, 0.717) is 24.2 Å². The van der Waals surface area contributed by atoms with E-state index in [1.54, 1.807) is 25.3 Å². The minimum Gasteiger partial charge on any atom is -0.478 e. The molecule has 114 valence electrons. The summed E-state index contributed by atoms with van der Waals surface area (Å²) in [4.78, 5) is 24.8. The summed E-state index contributed by atoms with van der Waals surface area (Å²) in [6, 6.07) is 4.16. The van der Waals surface area contributed by atoms with E-state index in [9.17, 15) is 9.59 Å². The third-order valence-corrected chi connectivity index (χ3v) is 3.15. The first-order chi connectivity index (χ1) is 9.99. The van der Waals surface area contributed by atoms with Crippen molar-refractivity contribution < 1.29 is 19.4 Å². The van der Waals surface area contributed by atoms with Gasteiger partial charge in [-0.15, -0.1) is 6.58 Å². The lowest BCUT2D eigenvalue weighted by Gasteiger charge is -2.21. The van der Waals surface area contributed by atoms with Crippen LogP contribution in [-0.2, 0) is 4.74 Å². The van der Waals surface area contributed by atoms with Crippen LogP contribution < -0.4 is 5.32 Å². The Morgan fingerprint density at radius 3 is 2.81 bits per heavy atom. The second-order valence-electron chi connectivity index (χ2n) is 4.15. The molecule has 21 heavy (non-hydrogen) atoms. The molecular formula is C14H17BrN2O4. The number of carboxylic acids is 1. The SMILES string of the molecule is C=CCN(CCOC)C(=O)Nc1cc(Br)ccc1C(=O)O. The highest BCUT2D eigenvalue weighted by Crippen LogP contribution is 2.22. The maximum atomic E-state index is 12.2. The third-order valence-electron chi connectivity index (χ3n) is 2.66. The number of amides is 2. The fourth-order valence-electron chi connectivity index (χ4n) is 1.63. The van der Waals surface area contributed by atoms with Crippen LogP contribution in [-0.4, -0.2) is 48.8 Å². The van der Waals surface area contributed by atoms with Gasteiger partial charge in [-0.2, -0.15) is 0 Å². The molecule has 0 aliphatic carbocycles. The van der Waals surface area contributed by atoms with Crippen molar-refractivity contribution in [2.24, 2.45) is 0 Å². The Morgan fingerprint density at radius 2 is 2.24 bits per heavy atom. The van der Waals surface area contributed by atoms with Gasteiger partial charge in [-0.1, -0.05) is 22.0 Å². The van der Waals surface area contributed by atoms with Crippen molar-refractivity contribution in [1.29, 1.82) is 0 Å². The number of rotatable bonds is 7. The van der Waals surface area contributed by atoms with Crippen LogP contribution in [0.15, 0.2) is 35.3 Å². The van der Waals surface area contributed by atoms with Crippen LogP contribution in [0.25, 0.3) is 0 Å². The Morgan fingerprint density at radius 1 is 1.52 bits per heavy atom. The van der Waals surface area contributed by atoms with Gasteiger partial charge >= 0.3 is 12.0 Å². The Hall–Kier alpha value is -1.86. The lowest BCUT2D eigenvalue weighted by molar-refractivity contribution is 0.0698. The molecule has 1 rings (SSSR count). The van der Waals surface area contributed by atoms with Crippen LogP contribution in [0.4, 0.5) is 10.5 Å². The van der Waals surface area contributed by atoms with E-state index in [1.807, 2.05) is 0 Å². The molecule has 0 aliphatic rings. The zero-order valence-corrected chi connectivity index (χ0v) is 13.2. The minimum absolute atomic E-state index is 0.0249. The van der Waals surface area contributed by atoms with Crippen LogP contribution in [0.2, 0.25) is 0 Å². The zero-order valence-electron chi connectivity index (χ0n) is 11.6. The number of urea groups is 1. The summed E-state index contributed by atoms with van der Waals surface area (Å²) in [6.07, 6.45) is 1.59. The molecule has 7 heteroatoms. The third kappa shape index (κ3) is 5.20. The second-order valence-corrected chi connectivity index (χ2v) is 5.07. The van der Waals surface area contributed by atoms with Crippen LogP contribution >= 0.6 is 15.9 Å². The van der Waals surface area contributed by atoms with Gasteiger partial charge in [-0.3, -0.25) is 0 Å². The summed E-state index contributed by atoms with van der Waals surface area (Å²) in [5, 5.41) is 11.7. The quantitative estimate of drug-likeness (QED) is 0.736. The Balaban J connectivity index is 2.91. The van der Waals surface area contributed by atoms with Gasteiger partial charge in [0.2, 0.25) is 0 Å². The van der Waals surface area contributed by atoms with Crippen molar-refractivity contribution in [3.8, 4) is 0 Å². The number of hydrogen-bond acceptors (Lipinski definition) is 3. The van der Waals surface area contributed by atoms with Gasteiger partial charge in [-0.25, -0.2) is 9.59 Å². The molecule has 2 amide bonds. The molecule has 6 nitrogen and oxygen atoms in total. The summed E-state index contributed by atoms with van der Waals surface area (Å²) < 4.78 is 5.62. The molecule has 0 unspecified atom stereocenters. The minimum atomic E-state index is -1.11. The van der Waals surface area contributed by atoms with E-state index in [1.165, 1.54) is 11.0 Å². The number of nitrogens with one attached hydrogen (secondary N) is 1. The maximum Gasteiger partial charge on any atom is 0.337 e. The predicted molar refractivity (Wildman–Crippen MR) is 83.8 cm³/mol. The fraction of sp³-hybridized carbons (Fsp3) is 0.286. The van der Waals surface area contributed by atoms with E-state index in [-0.39, 0.29) is 11.3 Å². The Labute approximate surface area is 131 Å². The van der Waals surface area contributed by atoms with Crippen molar-refractivity contribution in [2.75, 3.05) is 32.1 Å².